The van der Waals surface area contributed by atoms with E-state index in [1.807, 2.05) is 43.3 Å². The summed E-state index contributed by atoms with van der Waals surface area (Å²) >= 11 is 0. The molecule has 134 valence electrons. The zero-order chi connectivity index (χ0) is 18.3. The van der Waals surface area contributed by atoms with Crippen LogP contribution >= 0.6 is 0 Å². The maximum Gasteiger partial charge on any atom is 0.240 e. The molecule has 0 aliphatic heterocycles. The average molecular weight is 362 g/mol. The number of benzene rings is 2. The van der Waals surface area contributed by atoms with Gasteiger partial charge in [0.05, 0.1) is 18.5 Å². The van der Waals surface area contributed by atoms with Crippen LogP contribution in [0.2, 0.25) is 0 Å². The molecule has 0 unspecified atom stereocenters. The molecule has 7 heteroatoms. The normalized spacial score (nSPS) is 11.0. The van der Waals surface area contributed by atoms with Crippen molar-refractivity contribution in [3.63, 3.8) is 0 Å². The Kier molecular flexibility index (Phi) is 6.41. The number of carbonyl (C=O) groups excluding carboxylic acids is 1. The summed E-state index contributed by atoms with van der Waals surface area (Å²) in [5, 5.41) is 2.67. The van der Waals surface area contributed by atoms with Crippen molar-refractivity contribution in [2.45, 2.75) is 6.92 Å². The summed E-state index contributed by atoms with van der Waals surface area (Å²) < 4.78 is 30.6. The second-order valence-corrected chi connectivity index (χ2v) is 7.53. The van der Waals surface area contributed by atoms with Crippen LogP contribution in [-0.4, -0.2) is 40.3 Å². The molecule has 0 aromatic heterocycles. The van der Waals surface area contributed by atoms with Crippen LogP contribution in [0.15, 0.2) is 54.6 Å². The smallest absolute Gasteiger partial charge is 0.240 e. The number of amides is 1. The van der Waals surface area contributed by atoms with Gasteiger partial charge in [0.25, 0.3) is 0 Å². The fraction of sp³-hybridized carbons (Fsp3) is 0.278. The van der Waals surface area contributed by atoms with Crippen molar-refractivity contribution in [2.24, 2.45) is 0 Å². The molecule has 0 aliphatic rings. The third-order valence-electron chi connectivity index (χ3n) is 3.41. The number of nitrogens with zero attached hydrogens (tertiary/aromatic N) is 1. The third kappa shape index (κ3) is 6.11. The van der Waals surface area contributed by atoms with Crippen LogP contribution in [0.1, 0.15) is 5.56 Å². The fourth-order valence-corrected chi connectivity index (χ4v) is 3.09. The van der Waals surface area contributed by atoms with Crippen molar-refractivity contribution < 1.29 is 17.9 Å². The quantitative estimate of drug-likeness (QED) is 0.729. The van der Waals surface area contributed by atoms with Crippen LogP contribution in [0.3, 0.4) is 0 Å². The molecule has 0 fully saturated rings. The lowest BCUT2D eigenvalue weighted by molar-refractivity contribution is -0.119. The molecule has 25 heavy (non-hydrogen) atoms. The van der Waals surface area contributed by atoms with Crippen LogP contribution in [-0.2, 0) is 14.8 Å². The van der Waals surface area contributed by atoms with E-state index in [1.165, 1.54) is 0 Å². The zero-order valence-electron chi connectivity index (χ0n) is 14.3. The van der Waals surface area contributed by atoms with E-state index < -0.39 is 10.0 Å². The summed E-state index contributed by atoms with van der Waals surface area (Å²) in [6, 6.07) is 16.3. The molecule has 1 N–H and O–H groups in total. The molecule has 1 amide bonds. The first-order chi connectivity index (χ1) is 11.9. The number of rotatable bonds is 8. The fourth-order valence-electron chi connectivity index (χ4n) is 2.25. The highest BCUT2D eigenvalue weighted by Crippen LogP contribution is 2.18. The Balaban J connectivity index is 1.89. The van der Waals surface area contributed by atoms with E-state index in [1.54, 1.807) is 18.2 Å². The maximum absolute atomic E-state index is 12.1. The summed E-state index contributed by atoms with van der Waals surface area (Å²) in [5.74, 6) is 0.331. The SMILES string of the molecule is Cc1cccc(N(CC(=O)NCCOc2ccccc2)S(C)(=O)=O)c1. The van der Waals surface area contributed by atoms with Gasteiger partial charge in [0.1, 0.15) is 18.9 Å². The second-order valence-electron chi connectivity index (χ2n) is 5.62. The van der Waals surface area contributed by atoms with Crippen molar-refractivity contribution in [3.8, 4) is 5.75 Å². The predicted molar refractivity (Wildman–Crippen MR) is 98.3 cm³/mol. The maximum atomic E-state index is 12.1. The Morgan fingerprint density at radius 1 is 1.12 bits per heavy atom. The van der Waals surface area contributed by atoms with Crippen molar-refractivity contribution in [1.29, 1.82) is 0 Å². The molecule has 0 atom stereocenters. The Morgan fingerprint density at radius 3 is 2.48 bits per heavy atom. The molecule has 0 saturated heterocycles. The Labute approximate surface area is 148 Å². The number of ether oxygens (including phenoxy) is 1. The third-order valence-corrected chi connectivity index (χ3v) is 4.55. The Bertz CT molecular complexity index is 807. The molecule has 0 aliphatic carbocycles. The topological polar surface area (TPSA) is 75.7 Å². The number of nitrogens with one attached hydrogen (secondary N) is 1. The van der Waals surface area contributed by atoms with E-state index in [2.05, 4.69) is 5.32 Å². The van der Waals surface area contributed by atoms with Gasteiger partial charge in [0, 0.05) is 0 Å². The Hall–Kier alpha value is -2.54. The van der Waals surface area contributed by atoms with E-state index in [9.17, 15) is 13.2 Å². The van der Waals surface area contributed by atoms with Crippen LogP contribution in [0.5, 0.6) is 5.75 Å². The first-order valence-electron chi connectivity index (χ1n) is 7.85. The highest BCUT2D eigenvalue weighted by atomic mass is 32.2. The van der Waals surface area contributed by atoms with Gasteiger partial charge in [-0.1, -0.05) is 30.3 Å². The summed E-state index contributed by atoms with van der Waals surface area (Å²) in [6.45, 7) is 2.19. The second kappa shape index (κ2) is 8.53. The minimum atomic E-state index is -3.56. The molecule has 0 bridgehead atoms. The lowest BCUT2D eigenvalue weighted by Gasteiger charge is -2.22. The number of para-hydroxylation sites is 1. The minimum Gasteiger partial charge on any atom is -0.492 e. The number of carbonyl (C=O) groups is 1. The molecule has 2 rings (SSSR count). The first-order valence-corrected chi connectivity index (χ1v) is 9.70. The zero-order valence-corrected chi connectivity index (χ0v) is 15.1. The number of hydrogen-bond donors (Lipinski definition) is 1. The monoisotopic (exact) mass is 362 g/mol. The standard InChI is InChI=1S/C18H22N2O4S/c1-15-7-6-8-16(13-15)20(25(2,22)23)14-18(21)19-11-12-24-17-9-4-3-5-10-17/h3-10,13H,11-12,14H2,1-2H3,(H,19,21). The van der Waals surface area contributed by atoms with E-state index in [0.717, 1.165) is 16.1 Å². The molecule has 0 radical (unpaired) electrons. The predicted octanol–water partition coefficient (Wildman–Crippen LogP) is 1.96. The summed E-state index contributed by atoms with van der Waals surface area (Å²) in [4.78, 5) is 12.1. The van der Waals surface area contributed by atoms with E-state index in [-0.39, 0.29) is 12.5 Å². The minimum absolute atomic E-state index is 0.270. The van der Waals surface area contributed by atoms with Gasteiger partial charge in [-0.05, 0) is 36.8 Å². The van der Waals surface area contributed by atoms with Crippen LogP contribution in [0, 0.1) is 6.92 Å². The lowest BCUT2D eigenvalue weighted by atomic mass is 10.2. The highest BCUT2D eigenvalue weighted by molar-refractivity contribution is 7.92. The van der Waals surface area contributed by atoms with Gasteiger partial charge in [-0.2, -0.15) is 0 Å². The van der Waals surface area contributed by atoms with E-state index in [0.29, 0.717) is 24.6 Å². The average Bonchev–Trinajstić information content (AvgIpc) is 2.56. The van der Waals surface area contributed by atoms with Gasteiger partial charge in [0.15, 0.2) is 0 Å². The molecule has 6 nitrogen and oxygen atoms in total. The number of sulfonamides is 1. The van der Waals surface area contributed by atoms with Gasteiger partial charge < -0.3 is 10.1 Å². The first kappa shape index (κ1) is 18.8. The van der Waals surface area contributed by atoms with Crippen LogP contribution < -0.4 is 14.4 Å². The van der Waals surface area contributed by atoms with Crippen LogP contribution in [0.25, 0.3) is 0 Å². The van der Waals surface area contributed by atoms with E-state index in [4.69, 9.17) is 4.74 Å². The van der Waals surface area contributed by atoms with Gasteiger partial charge >= 0.3 is 0 Å². The highest BCUT2D eigenvalue weighted by Gasteiger charge is 2.20. The van der Waals surface area contributed by atoms with E-state index >= 15 is 0 Å². The summed E-state index contributed by atoms with van der Waals surface area (Å²) in [6.07, 6.45) is 1.08. The van der Waals surface area contributed by atoms with Gasteiger partial charge in [-0.25, -0.2) is 8.42 Å². The lowest BCUT2D eigenvalue weighted by Crippen LogP contribution is -2.41. The largest absolute Gasteiger partial charge is 0.492 e. The molecule has 0 heterocycles. The molecular formula is C18H22N2O4S. The van der Waals surface area contributed by atoms with Crippen molar-refractivity contribution in [3.05, 3.63) is 60.2 Å². The number of anilines is 1. The van der Waals surface area contributed by atoms with Gasteiger partial charge in [0.2, 0.25) is 15.9 Å². The number of aryl methyl sites for hydroxylation is 1. The van der Waals surface area contributed by atoms with Crippen molar-refractivity contribution >= 4 is 21.6 Å². The van der Waals surface area contributed by atoms with Gasteiger partial charge in [-0.3, -0.25) is 9.10 Å². The molecule has 0 saturated carbocycles. The Morgan fingerprint density at radius 2 is 1.84 bits per heavy atom. The number of hydrogen-bond acceptors (Lipinski definition) is 4. The molecular weight excluding hydrogens is 340 g/mol. The molecule has 2 aromatic carbocycles. The van der Waals surface area contributed by atoms with Crippen molar-refractivity contribution in [2.75, 3.05) is 30.3 Å². The summed E-state index contributed by atoms with van der Waals surface area (Å²) in [7, 11) is -3.56. The van der Waals surface area contributed by atoms with Crippen molar-refractivity contribution in [1.82, 2.24) is 5.32 Å². The van der Waals surface area contributed by atoms with Crippen LogP contribution in [0.4, 0.5) is 5.69 Å². The molecule has 0 spiro atoms. The molecule has 2 aromatic rings. The van der Waals surface area contributed by atoms with Gasteiger partial charge in [-0.15, -0.1) is 0 Å². The summed E-state index contributed by atoms with van der Waals surface area (Å²) in [5.41, 5.74) is 1.39.